The van der Waals surface area contributed by atoms with E-state index in [0.717, 1.165) is 0 Å². The maximum Gasteiger partial charge on any atom is 0.143 e. The summed E-state index contributed by atoms with van der Waals surface area (Å²) < 4.78 is 201. The smallest absolute Gasteiger partial charge is 0.143 e. The summed E-state index contributed by atoms with van der Waals surface area (Å²) in [5, 5.41) is -1.04. The summed E-state index contributed by atoms with van der Waals surface area (Å²) in [6.45, 7) is 0. The van der Waals surface area contributed by atoms with E-state index < -0.39 is 155 Å². The fraction of sp³-hybridized carbons (Fsp3) is 0. The molecule has 0 saturated heterocycles. The van der Waals surface area contributed by atoms with Crippen LogP contribution in [0.2, 0.25) is 0 Å². The van der Waals surface area contributed by atoms with Crippen LogP contribution in [-0.2, 0) is 0 Å². The van der Waals surface area contributed by atoms with Gasteiger partial charge in [-0.1, -0.05) is 169 Å². The van der Waals surface area contributed by atoms with Crippen molar-refractivity contribution in [3.63, 3.8) is 0 Å². The zero-order valence-electron chi connectivity index (χ0n) is 46.0. The highest BCUT2D eigenvalue weighted by molar-refractivity contribution is 6.25. The van der Waals surface area contributed by atoms with E-state index in [4.69, 9.17) is 23.6 Å². The Hall–Kier alpha value is -6.18. The minimum atomic E-state index is -0.895. The van der Waals surface area contributed by atoms with Crippen molar-refractivity contribution in [1.29, 1.82) is 0 Å². The SMILES string of the molecule is [2H]c1c([2H])c([2H])c(-c2ccc3c(-c4c5c([2H])c([2H])c([2H])c([2H])c5c(-c5ccccc5)c5c([2H])c([2H])c([2H])c([2H])c45)c(-c4c([2H])c([2H])c(-c5c([2H])c([2H])c([2H])c([2H])c5[2H])c([2H])c4[2H])oc3c2)c([2H])c1[2H]. The van der Waals surface area contributed by atoms with Gasteiger partial charge in [-0.2, -0.15) is 0 Å². The minimum absolute atomic E-state index is 0.000386. The van der Waals surface area contributed by atoms with Gasteiger partial charge in [0.1, 0.15) is 11.3 Å². The van der Waals surface area contributed by atoms with Gasteiger partial charge in [0.25, 0.3) is 0 Å². The first-order valence-corrected chi connectivity index (χ1v) is 14.3. The summed E-state index contributed by atoms with van der Waals surface area (Å²) >= 11 is 0. The van der Waals surface area contributed by atoms with Crippen LogP contribution < -0.4 is 0 Å². The molecule has 47 heavy (non-hydrogen) atoms. The lowest BCUT2D eigenvalue weighted by Crippen LogP contribution is -1.91. The van der Waals surface area contributed by atoms with Gasteiger partial charge in [0.15, 0.2) is 0 Å². The third kappa shape index (κ3) is 4.64. The Morgan fingerprint density at radius 3 is 1.43 bits per heavy atom. The summed E-state index contributed by atoms with van der Waals surface area (Å²) in [7, 11) is 0. The molecule has 0 aliphatic heterocycles. The third-order valence-corrected chi connectivity index (χ3v) is 7.77. The first kappa shape index (κ1) is 12.9. The Balaban J connectivity index is 1.56. The largest absolute Gasteiger partial charge is 0.455 e. The molecule has 9 rings (SSSR count). The fourth-order valence-corrected chi connectivity index (χ4v) is 5.77. The summed E-state index contributed by atoms with van der Waals surface area (Å²) in [5.41, 5.74) is -2.69. The second-order valence-electron chi connectivity index (χ2n) is 10.4. The van der Waals surface area contributed by atoms with Gasteiger partial charge in [0.2, 0.25) is 0 Å². The van der Waals surface area contributed by atoms with Crippen molar-refractivity contribution in [2.45, 2.75) is 0 Å². The van der Waals surface area contributed by atoms with Crippen LogP contribution in [0.25, 0.3) is 88.3 Å². The molecular formula is C46H30O. The number of furan rings is 1. The van der Waals surface area contributed by atoms with E-state index in [1.165, 1.54) is 18.2 Å². The van der Waals surface area contributed by atoms with Gasteiger partial charge in [-0.15, -0.1) is 0 Å². The average Bonchev–Trinajstić information content (AvgIpc) is 3.71. The van der Waals surface area contributed by atoms with Gasteiger partial charge in [-0.3, -0.25) is 0 Å². The zero-order chi connectivity index (χ0) is 50.3. The molecule has 0 unspecified atom stereocenters. The molecule has 0 radical (unpaired) electrons. The van der Waals surface area contributed by atoms with Crippen molar-refractivity contribution in [1.82, 2.24) is 0 Å². The highest BCUT2D eigenvalue weighted by atomic mass is 16.3. The third-order valence-electron chi connectivity index (χ3n) is 7.77. The van der Waals surface area contributed by atoms with Gasteiger partial charge in [-0.25, -0.2) is 0 Å². The number of hydrogen-bond acceptors (Lipinski definition) is 1. The number of hydrogen-bond donors (Lipinski definition) is 0. The standard InChI is InChI=1S/C46H30O/c1-4-14-31(15-5-1)33-24-26-35(27-25-33)46-45(41-29-28-36(30-42(41)47-46)32-16-6-2-7-17-32)44-39-22-12-10-20-37(39)43(34-18-8-3-9-19-34)38-21-11-13-23-40(38)44/h1-30H/i1D,2D,4D,5D,6D,7D,10D,11D,12D,13D,14D,15D,16D,17D,20D,21D,22D,23D,24D,25D,26D,27D. The Bertz CT molecular complexity index is 3640. The van der Waals surface area contributed by atoms with E-state index in [1.54, 1.807) is 30.3 Å². The molecule has 0 saturated carbocycles. The average molecular weight is 621 g/mol. The molecule has 0 N–H and O–H groups in total. The van der Waals surface area contributed by atoms with Gasteiger partial charge < -0.3 is 4.42 Å². The molecule has 0 amide bonds. The van der Waals surface area contributed by atoms with Crippen LogP contribution in [-0.4, -0.2) is 0 Å². The van der Waals surface area contributed by atoms with Crippen molar-refractivity contribution >= 4 is 32.5 Å². The lowest BCUT2D eigenvalue weighted by atomic mass is 9.84. The van der Waals surface area contributed by atoms with Gasteiger partial charge in [0, 0.05) is 22.1 Å². The van der Waals surface area contributed by atoms with Gasteiger partial charge in [0.05, 0.1) is 30.2 Å². The summed E-state index contributed by atoms with van der Waals surface area (Å²) in [6.07, 6.45) is 0. The van der Waals surface area contributed by atoms with Crippen LogP contribution in [0.15, 0.2) is 186 Å². The zero-order valence-corrected chi connectivity index (χ0v) is 24.0. The molecule has 9 aromatic rings. The van der Waals surface area contributed by atoms with E-state index in [-0.39, 0.29) is 60.3 Å². The fourth-order valence-electron chi connectivity index (χ4n) is 5.77. The van der Waals surface area contributed by atoms with Crippen LogP contribution in [0.1, 0.15) is 30.2 Å². The molecule has 8 aromatic carbocycles. The lowest BCUT2D eigenvalue weighted by Gasteiger charge is -2.18. The summed E-state index contributed by atoms with van der Waals surface area (Å²) in [4.78, 5) is 0. The molecule has 1 aromatic heterocycles. The van der Waals surface area contributed by atoms with Gasteiger partial charge >= 0.3 is 0 Å². The van der Waals surface area contributed by atoms with Crippen molar-refractivity contribution in [2.24, 2.45) is 0 Å². The van der Waals surface area contributed by atoms with E-state index in [2.05, 4.69) is 0 Å². The van der Waals surface area contributed by atoms with Crippen LogP contribution in [0, 0.1) is 0 Å². The van der Waals surface area contributed by atoms with Crippen LogP contribution in [0.4, 0.5) is 0 Å². The maximum atomic E-state index is 9.50. The normalized spacial score (nSPS) is 18.0. The van der Waals surface area contributed by atoms with Gasteiger partial charge in [-0.05, 0) is 67.1 Å². The van der Waals surface area contributed by atoms with E-state index in [0.29, 0.717) is 5.56 Å². The van der Waals surface area contributed by atoms with Crippen molar-refractivity contribution < 1.29 is 34.6 Å². The number of benzene rings is 8. The quantitative estimate of drug-likeness (QED) is 0.174. The van der Waals surface area contributed by atoms with Crippen molar-refractivity contribution in [2.75, 3.05) is 0 Å². The highest BCUT2D eigenvalue weighted by Gasteiger charge is 2.24. The molecule has 0 aliphatic carbocycles. The monoisotopic (exact) mass is 620 g/mol. The Labute approximate surface area is 304 Å². The Kier molecular flexibility index (Phi) is 3.11. The molecule has 220 valence electrons. The predicted octanol–water partition coefficient (Wildman–Crippen LogP) is 13.1. The molecule has 0 spiro atoms. The second kappa shape index (κ2) is 11.3. The molecule has 1 nitrogen and oxygen atoms in total. The van der Waals surface area contributed by atoms with E-state index >= 15 is 0 Å². The minimum Gasteiger partial charge on any atom is -0.455 e. The molecule has 1 heteroatoms. The summed E-state index contributed by atoms with van der Waals surface area (Å²) in [5.74, 6) is -0.553. The molecule has 0 bridgehead atoms. The Morgan fingerprint density at radius 2 is 0.830 bits per heavy atom. The van der Waals surface area contributed by atoms with Crippen LogP contribution in [0.3, 0.4) is 0 Å². The number of rotatable bonds is 5. The van der Waals surface area contributed by atoms with Crippen molar-refractivity contribution in [3.05, 3.63) is 181 Å². The molecule has 0 fully saturated rings. The van der Waals surface area contributed by atoms with E-state index in [9.17, 15) is 11.0 Å². The first-order chi connectivity index (χ1) is 32.5. The molecule has 0 aliphatic rings. The van der Waals surface area contributed by atoms with Crippen LogP contribution in [0.5, 0.6) is 0 Å². The second-order valence-corrected chi connectivity index (χ2v) is 10.4. The predicted molar refractivity (Wildman–Crippen MR) is 198 cm³/mol. The highest BCUT2D eigenvalue weighted by Crippen LogP contribution is 2.50. The topological polar surface area (TPSA) is 13.1 Å². The van der Waals surface area contributed by atoms with Crippen LogP contribution >= 0.6 is 0 Å². The summed E-state index contributed by atoms with van der Waals surface area (Å²) in [6, 6.07) is -4.14. The lowest BCUT2D eigenvalue weighted by molar-refractivity contribution is 0.632. The maximum absolute atomic E-state index is 9.50. The molecule has 1 heterocycles. The van der Waals surface area contributed by atoms with Crippen molar-refractivity contribution in [3.8, 4) is 55.8 Å². The Morgan fingerprint density at radius 1 is 0.340 bits per heavy atom. The molecule has 0 atom stereocenters. The first-order valence-electron chi connectivity index (χ1n) is 25.3. The molecular weight excluding hydrogens is 569 g/mol. The van der Waals surface area contributed by atoms with E-state index in [1.807, 2.05) is 0 Å². The number of fused-ring (bicyclic) bond motifs is 3.